The molecule has 0 saturated heterocycles. The van der Waals surface area contributed by atoms with Crippen LogP contribution in [0.3, 0.4) is 0 Å². The molecule has 0 aliphatic carbocycles. The summed E-state index contributed by atoms with van der Waals surface area (Å²) in [5.74, 6) is -2.05. The van der Waals surface area contributed by atoms with Crippen molar-refractivity contribution < 1.29 is 32.3 Å². The molecule has 2 aromatic rings. The van der Waals surface area contributed by atoms with Gasteiger partial charge < -0.3 is 10.1 Å². The maximum atomic E-state index is 12.0. The molecule has 0 spiro atoms. The number of benzene rings is 2. The number of sulfonamides is 1. The molecule has 3 rings (SSSR count). The molecule has 168 valence electrons. The summed E-state index contributed by atoms with van der Waals surface area (Å²) in [6.07, 6.45) is 0.321. The quantitative estimate of drug-likeness (QED) is 0.442. The van der Waals surface area contributed by atoms with Gasteiger partial charge in [0.1, 0.15) is 0 Å². The number of ether oxygens (including phenoxy) is 1. The lowest BCUT2D eigenvalue weighted by molar-refractivity contribution is -0.147. The third-order valence-corrected chi connectivity index (χ3v) is 6.29. The molecular weight excluding hydrogens is 438 g/mol. The Morgan fingerprint density at radius 3 is 2.31 bits per heavy atom. The number of esters is 1. The highest BCUT2D eigenvalue weighted by Crippen LogP contribution is 2.24. The summed E-state index contributed by atoms with van der Waals surface area (Å²) < 4.78 is 30.6. The Morgan fingerprint density at radius 2 is 1.66 bits per heavy atom. The second-order valence-corrected chi connectivity index (χ2v) is 8.88. The van der Waals surface area contributed by atoms with E-state index in [4.69, 9.17) is 4.74 Å². The molecule has 0 bridgehead atoms. The number of nitrogens with zero attached hydrogens (tertiary/aromatic N) is 1. The summed E-state index contributed by atoms with van der Waals surface area (Å²) in [4.78, 5) is 49.0. The van der Waals surface area contributed by atoms with Crippen LogP contribution in [0.2, 0.25) is 0 Å². The Kier molecular flexibility index (Phi) is 6.70. The summed E-state index contributed by atoms with van der Waals surface area (Å²) in [6.45, 7) is -0.512. The summed E-state index contributed by atoms with van der Waals surface area (Å²) in [6, 6.07) is 10.4. The molecule has 1 aliphatic rings. The molecule has 1 heterocycles. The molecule has 0 fully saturated rings. The maximum absolute atomic E-state index is 12.0. The number of rotatable bonds is 8. The van der Waals surface area contributed by atoms with Crippen molar-refractivity contribution in [2.75, 3.05) is 26.0 Å². The zero-order chi connectivity index (χ0) is 23.5. The van der Waals surface area contributed by atoms with Crippen LogP contribution in [0.4, 0.5) is 5.69 Å². The van der Waals surface area contributed by atoms with Crippen LogP contribution in [0.5, 0.6) is 0 Å². The first-order valence-electron chi connectivity index (χ1n) is 9.57. The number of hydrogen-bond donors (Lipinski definition) is 2. The van der Waals surface area contributed by atoms with Gasteiger partial charge >= 0.3 is 5.97 Å². The van der Waals surface area contributed by atoms with Crippen molar-refractivity contribution >= 4 is 39.4 Å². The molecule has 0 unspecified atom stereocenters. The molecule has 0 saturated carbocycles. The highest BCUT2D eigenvalue weighted by atomic mass is 32.2. The van der Waals surface area contributed by atoms with E-state index in [1.165, 1.54) is 44.4 Å². The van der Waals surface area contributed by atoms with Crippen molar-refractivity contribution in [2.45, 2.75) is 17.7 Å². The number of hydrogen-bond acceptors (Lipinski definition) is 7. The minimum Gasteiger partial charge on any atom is -0.456 e. The van der Waals surface area contributed by atoms with Gasteiger partial charge in [-0.2, -0.15) is 0 Å². The summed E-state index contributed by atoms with van der Waals surface area (Å²) in [5.41, 5.74) is 1.50. The second-order valence-electron chi connectivity index (χ2n) is 6.99. The number of anilines is 1. The van der Waals surface area contributed by atoms with Crippen molar-refractivity contribution in [1.82, 2.24) is 9.62 Å². The van der Waals surface area contributed by atoms with Gasteiger partial charge in [0, 0.05) is 19.2 Å². The monoisotopic (exact) mass is 459 g/mol. The fraction of sp³-hybridized carbons (Fsp3) is 0.238. The number of nitrogens with one attached hydrogen (secondary N) is 2. The van der Waals surface area contributed by atoms with E-state index in [1.54, 1.807) is 12.1 Å². The lowest BCUT2D eigenvalue weighted by atomic mass is 10.1. The van der Waals surface area contributed by atoms with E-state index in [0.29, 0.717) is 12.1 Å². The Labute approximate surface area is 184 Å². The molecule has 2 N–H and O–H groups in total. The van der Waals surface area contributed by atoms with Crippen molar-refractivity contribution in [3.05, 3.63) is 59.2 Å². The first-order chi connectivity index (χ1) is 15.1. The molecule has 11 heteroatoms. The van der Waals surface area contributed by atoms with Crippen LogP contribution < -0.4 is 10.0 Å². The van der Waals surface area contributed by atoms with Crippen LogP contribution in [0.1, 0.15) is 32.7 Å². The van der Waals surface area contributed by atoms with Crippen LogP contribution in [0, 0.1) is 0 Å². The van der Waals surface area contributed by atoms with Gasteiger partial charge in [0.2, 0.25) is 10.0 Å². The Bertz CT molecular complexity index is 1190. The molecule has 0 aromatic heterocycles. The molecular formula is C21H21N3O7S. The highest BCUT2D eigenvalue weighted by Gasteiger charge is 2.32. The lowest BCUT2D eigenvalue weighted by Crippen LogP contribution is -2.24. The van der Waals surface area contributed by atoms with Crippen LogP contribution in [-0.4, -0.2) is 57.7 Å². The van der Waals surface area contributed by atoms with Crippen LogP contribution >= 0.6 is 0 Å². The molecule has 3 amide bonds. The van der Waals surface area contributed by atoms with Crippen LogP contribution in [-0.2, 0) is 30.8 Å². The van der Waals surface area contributed by atoms with E-state index in [0.717, 1.165) is 10.5 Å². The van der Waals surface area contributed by atoms with Crippen molar-refractivity contribution in [3.63, 3.8) is 0 Å². The minimum atomic E-state index is -3.53. The number of carbonyl (C=O) groups is 4. The zero-order valence-corrected chi connectivity index (χ0v) is 18.2. The van der Waals surface area contributed by atoms with Gasteiger partial charge in [-0.15, -0.1) is 0 Å². The standard InChI is InChI=1S/C21H21N3O7S/c1-22-32(29,30)15-7-3-13(4-8-15)5-10-19(26)31-12-18(25)23-14-6-9-16-17(11-14)21(28)24(2)20(16)27/h3-4,6-9,11,22H,5,10,12H2,1-2H3,(H,23,25). The average molecular weight is 459 g/mol. The summed E-state index contributed by atoms with van der Waals surface area (Å²) in [5, 5.41) is 2.52. The fourth-order valence-electron chi connectivity index (χ4n) is 3.05. The molecule has 2 aromatic carbocycles. The SMILES string of the molecule is CNS(=O)(=O)c1ccc(CCC(=O)OCC(=O)Nc2ccc3c(c2)C(=O)N(C)C3=O)cc1. The van der Waals surface area contributed by atoms with Gasteiger partial charge in [0.25, 0.3) is 17.7 Å². The fourth-order valence-corrected chi connectivity index (χ4v) is 3.78. The van der Waals surface area contributed by atoms with Crippen molar-refractivity contribution in [3.8, 4) is 0 Å². The normalized spacial score (nSPS) is 13.1. The number of imide groups is 1. The van der Waals surface area contributed by atoms with E-state index in [2.05, 4.69) is 10.0 Å². The minimum absolute atomic E-state index is 0.00714. The number of fused-ring (bicyclic) bond motifs is 1. The third-order valence-electron chi connectivity index (χ3n) is 4.86. The molecule has 0 atom stereocenters. The molecule has 10 nitrogen and oxygen atoms in total. The van der Waals surface area contributed by atoms with Gasteiger partial charge in [0.15, 0.2) is 6.61 Å². The summed E-state index contributed by atoms with van der Waals surface area (Å²) in [7, 11) is -0.832. The molecule has 1 aliphatic heterocycles. The largest absolute Gasteiger partial charge is 0.456 e. The second kappa shape index (κ2) is 9.28. The van der Waals surface area contributed by atoms with Crippen molar-refractivity contribution in [1.29, 1.82) is 0 Å². The smallest absolute Gasteiger partial charge is 0.306 e. The predicted octanol–water partition coefficient (Wildman–Crippen LogP) is 0.935. The van der Waals surface area contributed by atoms with Gasteiger partial charge in [0.05, 0.1) is 16.0 Å². The van der Waals surface area contributed by atoms with Gasteiger partial charge in [-0.25, -0.2) is 13.1 Å². The zero-order valence-electron chi connectivity index (χ0n) is 17.4. The van der Waals surface area contributed by atoms with Gasteiger partial charge in [-0.1, -0.05) is 12.1 Å². The molecule has 0 radical (unpaired) electrons. The van der Waals surface area contributed by atoms with Crippen molar-refractivity contribution in [2.24, 2.45) is 0 Å². The highest BCUT2D eigenvalue weighted by molar-refractivity contribution is 7.89. The van der Waals surface area contributed by atoms with Gasteiger partial charge in [-0.3, -0.25) is 24.1 Å². The third kappa shape index (κ3) is 5.01. The number of carbonyl (C=O) groups excluding carboxylic acids is 4. The first kappa shape index (κ1) is 23.1. The van der Waals surface area contributed by atoms with E-state index in [1.807, 2.05) is 0 Å². The van der Waals surface area contributed by atoms with Gasteiger partial charge in [-0.05, 0) is 49.4 Å². The van der Waals surface area contributed by atoms with Crippen LogP contribution in [0.15, 0.2) is 47.4 Å². The molecule has 32 heavy (non-hydrogen) atoms. The lowest BCUT2D eigenvalue weighted by Gasteiger charge is -2.08. The van der Waals surface area contributed by atoms with E-state index < -0.39 is 40.3 Å². The average Bonchev–Trinajstić information content (AvgIpc) is 3.00. The van der Waals surface area contributed by atoms with E-state index in [-0.39, 0.29) is 22.4 Å². The maximum Gasteiger partial charge on any atom is 0.306 e. The number of aryl methyl sites for hydroxylation is 1. The Hall–Kier alpha value is -3.57. The Morgan fingerprint density at radius 1 is 1.00 bits per heavy atom. The van der Waals surface area contributed by atoms with E-state index in [9.17, 15) is 27.6 Å². The Balaban J connectivity index is 1.47. The van der Waals surface area contributed by atoms with E-state index >= 15 is 0 Å². The summed E-state index contributed by atoms with van der Waals surface area (Å²) >= 11 is 0. The first-order valence-corrected chi connectivity index (χ1v) is 11.0. The topological polar surface area (TPSA) is 139 Å². The van der Waals surface area contributed by atoms with Crippen LogP contribution in [0.25, 0.3) is 0 Å². The number of amides is 3. The predicted molar refractivity (Wildman–Crippen MR) is 113 cm³/mol.